The van der Waals surface area contributed by atoms with Crippen molar-refractivity contribution in [2.75, 3.05) is 0 Å². The third kappa shape index (κ3) is 2.59. The Balaban J connectivity index is 2.55. The van der Waals surface area contributed by atoms with Crippen LogP contribution in [0.5, 0.6) is 0 Å². The Kier molecular flexibility index (Phi) is 4.23. The smallest absolute Gasteiger partial charge is 0.477 e. The predicted octanol–water partition coefficient (Wildman–Crippen LogP) is 2.34. The molecule has 0 aliphatic heterocycles. The monoisotopic (exact) mass is 290 g/mol. The number of rotatable bonds is 5. The Hall–Kier alpha value is -2.10. The van der Waals surface area contributed by atoms with Gasteiger partial charge in [0.25, 0.3) is 0 Å². The number of benzene rings is 1. The maximum Gasteiger partial charge on any atom is 0.529 e. The SMILES string of the molecule is O=C(O)C(Cc1cccnc1)(c1ccccc1)[P+](=O)O. The van der Waals surface area contributed by atoms with Crippen molar-refractivity contribution in [1.82, 2.24) is 4.98 Å². The summed E-state index contributed by atoms with van der Waals surface area (Å²) < 4.78 is 11.8. The number of hydrogen-bond donors (Lipinski definition) is 2. The van der Waals surface area contributed by atoms with Gasteiger partial charge in [-0.15, -0.1) is 0 Å². The summed E-state index contributed by atoms with van der Waals surface area (Å²) in [5, 5.41) is 7.68. The molecule has 0 bridgehead atoms. The highest BCUT2D eigenvalue weighted by Crippen LogP contribution is 2.47. The van der Waals surface area contributed by atoms with Gasteiger partial charge in [0, 0.05) is 24.4 Å². The van der Waals surface area contributed by atoms with Crippen LogP contribution >= 0.6 is 8.03 Å². The first kappa shape index (κ1) is 14.3. The Morgan fingerprint density at radius 3 is 2.40 bits per heavy atom. The number of carboxylic acids is 1. The van der Waals surface area contributed by atoms with Gasteiger partial charge in [-0.05, 0) is 16.2 Å². The van der Waals surface area contributed by atoms with Crippen molar-refractivity contribution in [3.05, 3.63) is 66.0 Å². The lowest BCUT2D eigenvalue weighted by Gasteiger charge is -2.17. The van der Waals surface area contributed by atoms with Crippen LogP contribution in [0.25, 0.3) is 0 Å². The molecule has 0 amide bonds. The second-order valence-corrected chi connectivity index (χ2v) is 5.65. The molecule has 1 heterocycles. The zero-order valence-electron chi connectivity index (χ0n) is 10.5. The van der Waals surface area contributed by atoms with Crippen molar-refractivity contribution in [2.45, 2.75) is 11.6 Å². The summed E-state index contributed by atoms with van der Waals surface area (Å²) in [7, 11) is -2.96. The minimum absolute atomic E-state index is 0.0914. The normalized spacial score (nSPS) is 14.3. The first-order valence-corrected chi connectivity index (χ1v) is 7.12. The van der Waals surface area contributed by atoms with E-state index >= 15 is 0 Å². The van der Waals surface area contributed by atoms with Gasteiger partial charge in [0.15, 0.2) is 0 Å². The lowest BCUT2D eigenvalue weighted by Crippen LogP contribution is -2.34. The molecule has 1 aromatic carbocycles. The average molecular weight is 290 g/mol. The van der Waals surface area contributed by atoms with Crippen LogP contribution < -0.4 is 0 Å². The standard InChI is InChI=1S/C14H12NO4P/c16-13(17)14(20(18)19,12-6-2-1-3-7-12)9-11-5-4-8-15-10-11/h1-8,10H,9H2,(H-,16,17,18,19)/p+1. The van der Waals surface area contributed by atoms with Gasteiger partial charge in [-0.25, -0.2) is 4.79 Å². The van der Waals surface area contributed by atoms with Crippen LogP contribution in [-0.4, -0.2) is 21.0 Å². The molecule has 20 heavy (non-hydrogen) atoms. The maximum atomic E-state index is 11.8. The quantitative estimate of drug-likeness (QED) is 0.825. The summed E-state index contributed by atoms with van der Waals surface area (Å²) in [5.41, 5.74) is 0.899. The molecule has 0 aliphatic rings. The van der Waals surface area contributed by atoms with Gasteiger partial charge in [-0.2, -0.15) is 4.89 Å². The molecule has 2 N–H and O–H groups in total. The second-order valence-electron chi connectivity index (χ2n) is 4.34. The van der Waals surface area contributed by atoms with Crippen molar-refractivity contribution < 1.29 is 19.4 Å². The first-order valence-electron chi connectivity index (χ1n) is 5.91. The molecule has 102 valence electrons. The molecule has 0 spiro atoms. The number of pyridine rings is 1. The van der Waals surface area contributed by atoms with Gasteiger partial charge in [0.1, 0.15) is 0 Å². The van der Waals surface area contributed by atoms with Gasteiger partial charge < -0.3 is 5.11 Å². The fourth-order valence-electron chi connectivity index (χ4n) is 2.07. The summed E-state index contributed by atoms with van der Waals surface area (Å²) in [4.78, 5) is 25.3. The van der Waals surface area contributed by atoms with Gasteiger partial charge in [0.2, 0.25) is 0 Å². The highest BCUT2D eigenvalue weighted by atomic mass is 31.1. The van der Waals surface area contributed by atoms with E-state index in [0.29, 0.717) is 11.1 Å². The van der Waals surface area contributed by atoms with Crippen LogP contribution in [0.15, 0.2) is 54.9 Å². The number of hydrogen-bond acceptors (Lipinski definition) is 3. The molecule has 0 fully saturated rings. The summed E-state index contributed by atoms with van der Waals surface area (Å²) in [6, 6.07) is 11.5. The van der Waals surface area contributed by atoms with Crippen LogP contribution in [0, 0.1) is 0 Å². The number of aromatic nitrogens is 1. The van der Waals surface area contributed by atoms with Gasteiger partial charge in [0.05, 0.1) is 0 Å². The van der Waals surface area contributed by atoms with E-state index in [9.17, 15) is 19.4 Å². The minimum atomic E-state index is -2.96. The molecular weight excluding hydrogens is 277 g/mol. The molecule has 5 nitrogen and oxygen atoms in total. The minimum Gasteiger partial charge on any atom is -0.477 e. The molecule has 0 radical (unpaired) electrons. The molecule has 1 aromatic heterocycles. The average Bonchev–Trinajstić information content (AvgIpc) is 2.46. The topological polar surface area (TPSA) is 87.5 Å². The Morgan fingerprint density at radius 2 is 1.90 bits per heavy atom. The molecule has 2 aromatic rings. The molecule has 2 rings (SSSR count). The van der Waals surface area contributed by atoms with E-state index < -0.39 is 19.2 Å². The van der Waals surface area contributed by atoms with E-state index in [1.165, 1.54) is 6.20 Å². The lowest BCUT2D eigenvalue weighted by molar-refractivity contribution is -0.140. The van der Waals surface area contributed by atoms with Crippen molar-refractivity contribution in [1.29, 1.82) is 0 Å². The molecule has 2 unspecified atom stereocenters. The molecular formula is C14H13NO4P+. The van der Waals surface area contributed by atoms with Crippen LogP contribution in [-0.2, 0) is 20.9 Å². The molecule has 0 saturated carbocycles. The maximum absolute atomic E-state index is 11.8. The second kappa shape index (κ2) is 5.90. The molecule has 6 heteroatoms. The highest BCUT2D eigenvalue weighted by Gasteiger charge is 2.58. The van der Waals surface area contributed by atoms with E-state index in [1.807, 2.05) is 0 Å². The number of nitrogens with zero attached hydrogens (tertiary/aromatic N) is 1. The van der Waals surface area contributed by atoms with E-state index in [1.54, 1.807) is 48.7 Å². The zero-order chi connectivity index (χ0) is 14.6. The van der Waals surface area contributed by atoms with Crippen molar-refractivity contribution in [3.8, 4) is 0 Å². The fourth-order valence-corrected chi connectivity index (χ4v) is 2.92. The van der Waals surface area contributed by atoms with Crippen molar-refractivity contribution >= 4 is 14.0 Å². The Morgan fingerprint density at radius 1 is 1.20 bits per heavy atom. The number of carboxylic acid groups (broad SMARTS) is 1. The van der Waals surface area contributed by atoms with Crippen molar-refractivity contribution in [2.24, 2.45) is 0 Å². The van der Waals surface area contributed by atoms with E-state index in [4.69, 9.17) is 0 Å². The van der Waals surface area contributed by atoms with Crippen LogP contribution in [0.4, 0.5) is 0 Å². The largest absolute Gasteiger partial charge is 0.529 e. The molecule has 0 aliphatic carbocycles. The molecule has 0 saturated heterocycles. The fraction of sp³-hybridized carbons (Fsp3) is 0.143. The van der Waals surface area contributed by atoms with E-state index in [2.05, 4.69) is 4.98 Å². The number of carbonyl (C=O) groups is 1. The Bertz CT molecular complexity index is 602. The first-order chi connectivity index (χ1) is 9.57. The van der Waals surface area contributed by atoms with Gasteiger partial charge in [-0.3, -0.25) is 4.98 Å². The van der Waals surface area contributed by atoms with Crippen LogP contribution in [0.2, 0.25) is 0 Å². The third-order valence-corrected chi connectivity index (χ3v) is 4.38. The van der Waals surface area contributed by atoms with Gasteiger partial charge in [-0.1, -0.05) is 36.4 Å². The third-order valence-electron chi connectivity index (χ3n) is 3.11. The summed E-state index contributed by atoms with van der Waals surface area (Å²) in [6.45, 7) is 0. The summed E-state index contributed by atoms with van der Waals surface area (Å²) in [5.74, 6) is -1.32. The van der Waals surface area contributed by atoms with E-state index in [0.717, 1.165) is 0 Å². The van der Waals surface area contributed by atoms with E-state index in [-0.39, 0.29) is 6.42 Å². The van der Waals surface area contributed by atoms with Gasteiger partial charge >= 0.3 is 19.2 Å². The summed E-state index contributed by atoms with van der Waals surface area (Å²) in [6.07, 6.45) is 2.97. The summed E-state index contributed by atoms with van der Waals surface area (Å²) >= 11 is 0. The van der Waals surface area contributed by atoms with Crippen molar-refractivity contribution in [3.63, 3.8) is 0 Å². The Labute approximate surface area is 116 Å². The van der Waals surface area contributed by atoms with Crippen LogP contribution in [0.1, 0.15) is 11.1 Å². The lowest BCUT2D eigenvalue weighted by atomic mass is 9.91. The number of aliphatic carboxylic acids is 1. The highest BCUT2D eigenvalue weighted by molar-refractivity contribution is 7.41. The van der Waals surface area contributed by atoms with Crippen LogP contribution in [0.3, 0.4) is 0 Å². The zero-order valence-corrected chi connectivity index (χ0v) is 11.4. The predicted molar refractivity (Wildman–Crippen MR) is 73.5 cm³/mol. The molecule has 2 atom stereocenters.